The van der Waals surface area contributed by atoms with E-state index in [9.17, 15) is 0 Å². The van der Waals surface area contributed by atoms with Gasteiger partial charge in [-0.25, -0.2) is 9.97 Å². The summed E-state index contributed by atoms with van der Waals surface area (Å²) in [6.45, 7) is 2.65. The minimum atomic E-state index is 0.633. The molecule has 1 N–H and O–H groups in total. The molecule has 2 aromatic rings. The first-order chi connectivity index (χ1) is 8.28. The SMILES string of the molecule is Cc1cc(C#N)cc(NCCc2cscn2)n1. The van der Waals surface area contributed by atoms with E-state index in [0.717, 1.165) is 30.2 Å². The smallest absolute Gasteiger partial charge is 0.127 e. The van der Waals surface area contributed by atoms with Gasteiger partial charge in [-0.2, -0.15) is 5.26 Å². The molecule has 86 valence electrons. The van der Waals surface area contributed by atoms with Crippen LogP contribution in [0.1, 0.15) is 17.0 Å². The summed E-state index contributed by atoms with van der Waals surface area (Å²) in [5.74, 6) is 0.747. The second-order valence-electron chi connectivity index (χ2n) is 3.65. The number of aryl methyl sites for hydroxylation is 1. The zero-order valence-corrected chi connectivity index (χ0v) is 10.3. The van der Waals surface area contributed by atoms with Gasteiger partial charge in [-0.15, -0.1) is 11.3 Å². The van der Waals surface area contributed by atoms with Crippen molar-refractivity contribution < 1.29 is 0 Å². The molecule has 0 aromatic carbocycles. The van der Waals surface area contributed by atoms with Gasteiger partial charge in [0.05, 0.1) is 22.8 Å². The lowest BCUT2D eigenvalue weighted by Gasteiger charge is -2.05. The first-order valence-corrected chi connectivity index (χ1v) is 6.22. The monoisotopic (exact) mass is 244 g/mol. The van der Waals surface area contributed by atoms with Gasteiger partial charge in [0.2, 0.25) is 0 Å². The van der Waals surface area contributed by atoms with Crippen molar-refractivity contribution in [2.45, 2.75) is 13.3 Å². The van der Waals surface area contributed by atoms with Crippen LogP contribution in [0.5, 0.6) is 0 Å². The average Bonchev–Trinajstić information content (AvgIpc) is 2.81. The van der Waals surface area contributed by atoms with E-state index in [1.54, 1.807) is 23.5 Å². The lowest BCUT2D eigenvalue weighted by atomic mass is 10.2. The molecule has 4 nitrogen and oxygen atoms in total. The van der Waals surface area contributed by atoms with Crippen LogP contribution >= 0.6 is 11.3 Å². The van der Waals surface area contributed by atoms with Crippen LogP contribution in [-0.2, 0) is 6.42 Å². The van der Waals surface area contributed by atoms with Gasteiger partial charge >= 0.3 is 0 Å². The molecule has 0 fully saturated rings. The molecule has 0 atom stereocenters. The number of aromatic nitrogens is 2. The molecule has 0 aliphatic heterocycles. The van der Waals surface area contributed by atoms with Crippen molar-refractivity contribution >= 4 is 17.2 Å². The van der Waals surface area contributed by atoms with Gasteiger partial charge in [0, 0.05) is 24.0 Å². The Kier molecular flexibility index (Phi) is 3.68. The molecule has 2 heterocycles. The summed E-state index contributed by atoms with van der Waals surface area (Å²) in [4.78, 5) is 8.53. The van der Waals surface area contributed by atoms with Crippen LogP contribution in [0.3, 0.4) is 0 Å². The molecule has 0 bridgehead atoms. The third kappa shape index (κ3) is 3.26. The molecule has 0 unspecified atom stereocenters. The van der Waals surface area contributed by atoms with Gasteiger partial charge in [-0.1, -0.05) is 0 Å². The highest BCUT2D eigenvalue weighted by atomic mass is 32.1. The molecule has 2 aromatic heterocycles. The van der Waals surface area contributed by atoms with Gasteiger partial charge in [-0.3, -0.25) is 0 Å². The number of nitriles is 1. The van der Waals surface area contributed by atoms with E-state index in [0.29, 0.717) is 5.56 Å². The number of rotatable bonds is 4. The number of hydrogen-bond donors (Lipinski definition) is 1. The normalized spacial score (nSPS) is 9.88. The summed E-state index contributed by atoms with van der Waals surface area (Å²) < 4.78 is 0. The molecule has 0 radical (unpaired) electrons. The van der Waals surface area contributed by atoms with Gasteiger partial charge in [0.1, 0.15) is 5.82 Å². The summed E-state index contributed by atoms with van der Waals surface area (Å²) in [6.07, 6.45) is 0.862. The third-order valence-corrected chi connectivity index (χ3v) is 2.89. The van der Waals surface area contributed by atoms with E-state index in [2.05, 4.69) is 21.4 Å². The molecule has 0 amide bonds. The first kappa shape index (κ1) is 11.6. The fraction of sp³-hybridized carbons (Fsp3) is 0.250. The second-order valence-corrected chi connectivity index (χ2v) is 4.37. The molecule has 5 heteroatoms. The van der Waals surface area contributed by atoms with Crippen LogP contribution in [0.2, 0.25) is 0 Å². The zero-order valence-electron chi connectivity index (χ0n) is 9.47. The van der Waals surface area contributed by atoms with Gasteiger partial charge in [-0.05, 0) is 19.1 Å². The zero-order chi connectivity index (χ0) is 12.1. The summed E-state index contributed by atoms with van der Waals surface area (Å²) in [7, 11) is 0. The average molecular weight is 244 g/mol. The van der Waals surface area contributed by atoms with E-state index >= 15 is 0 Å². The predicted molar refractivity (Wildman–Crippen MR) is 68.0 cm³/mol. The van der Waals surface area contributed by atoms with Crippen molar-refractivity contribution in [3.8, 4) is 6.07 Å². The van der Waals surface area contributed by atoms with Crippen LogP contribution in [0.25, 0.3) is 0 Å². The number of hydrogen-bond acceptors (Lipinski definition) is 5. The van der Waals surface area contributed by atoms with E-state index in [1.807, 2.05) is 17.8 Å². The molecule has 2 rings (SSSR count). The lowest BCUT2D eigenvalue weighted by Crippen LogP contribution is -2.07. The molecule has 0 saturated carbocycles. The Morgan fingerprint density at radius 3 is 3.06 bits per heavy atom. The lowest BCUT2D eigenvalue weighted by molar-refractivity contribution is 0.965. The Hall–Kier alpha value is -1.93. The Morgan fingerprint density at radius 1 is 1.47 bits per heavy atom. The predicted octanol–water partition coefficient (Wildman–Crippen LogP) is 2.37. The van der Waals surface area contributed by atoms with Crippen LogP contribution in [0.15, 0.2) is 23.0 Å². The summed E-state index contributed by atoms with van der Waals surface area (Å²) in [6, 6.07) is 5.65. The van der Waals surface area contributed by atoms with Crippen LogP contribution in [0.4, 0.5) is 5.82 Å². The topological polar surface area (TPSA) is 61.6 Å². The van der Waals surface area contributed by atoms with Gasteiger partial charge in [0.25, 0.3) is 0 Å². The van der Waals surface area contributed by atoms with E-state index < -0.39 is 0 Å². The highest BCUT2D eigenvalue weighted by molar-refractivity contribution is 7.07. The number of anilines is 1. The summed E-state index contributed by atoms with van der Waals surface area (Å²) in [5.41, 5.74) is 4.39. The maximum atomic E-state index is 8.85. The summed E-state index contributed by atoms with van der Waals surface area (Å²) in [5, 5.41) is 14.1. The Morgan fingerprint density at radius 2 is 2.35 bits per heavy atom. The van der Waals surface area contributed by atoms with Gasteiger partial charge in [0.15, 0.2) is 0 Å². The minimum Gasteiger partial charge on any atom is -0.370 e. The quantitative estimate of drug-likeness (QED) is 0.897. The highest BCUT2D eigenvalue weighted by Gasteiger charge is 2.00. The fourth-order valence-electron chi connectivity index (χ4n) is 1.50. The number of thiazole rings is 1. The molecule has 17 heavy (non-hydrogen) atoms. The van der Waals surface area contributed by atoms with Crippen molar-refractivity contribution in [1.82, 2.24) is 9.97 Å². The van der Waals surface area contributed by atoms with Crippen molar-refractivity contribution in [3.05, 3.63) is 40.0 Å². The molecular formula is C12H12N4S. The van der Waals surface area contributed by atoms with E-state index in [1.165, 1.54) is 0 Å². The second kappa shape index (κ2) is 5.41. The van der Waals surface area contributed by atoms with Crippen LogP contribution < -0.4 is 5.32 Å². The van der Waals surface area contributed by atoms with Crippen LogP contribution in [0, 0.1) is 18.3 Å². The Balaban J connectivity index is 1.95. The number of pyridine rings is 1. The standard InChI is InChI=1S/C12H12N4S/c1-9-4-10(6-13)5-12(16-9)14-3-2-11-7-17-8-15-11/h4-5,7-8H,2-3H2,1H3,(H,14,16). The van der Waals surface area contributed by atoms with Crippen molar-refractivity contribution in [2.75, 3.05) is 11.9 Å². The number of nitrogens with one attached hydrogen (secondary N) is 1. The molecule has 0 aliphatic carbocycles. The van der Waals surface area contributed by atoms with Crippen LogP contribution in [-0.4, -0.2) is 16.5 Å². The number of nitrogens with zero attached hydrogens (tertiary/aromatic N) is 3. The molecule has 0 spiro atoms. The van der Waals surface area contributed by atoms with E-state index in [4.69, 9.17) is 5.26 Å². The van der Waals surface area contributed by atoms with Gasteiger partial charge < -0.3 is 5.32 Å². The Labute approximate surface area is 104 Å². The molecular weight excluding hydrogens is 232 g/mol. The maximum absolute atomic E-state index is 8.85. The minimum absolute atomic E-state index is 0.633. The van der Waals surface area contributed by atoms with Crippen molar-refractivity contribution in [2.24, 2.45) is 0 Å². The third-order valence-electron chi connectivity index (χ3n) is 2.25. The first-order valence-electron chi connectivity index (χ1n) is 5.27. The largest absolute Gasteiger partial charge is 0.370 e. The van der Waals surface area contributed by atoms with Crippen molar-refractivity contribution in [3.63, 3.8) is 0 Å². The molecule has 0 saturated heterocycles. The fourth-order valence-corrected chi connectivity index (χ4v) is 2.10. The molecule has 0 aliphatic rings. The maximum Gasteiger partial charge on any atom is 0.127 e. The van der Waals surface area contributed by atoms with Crippen molar-refractivity contribution in [1.29, 1.82) is 5.26 Å². The highest BCUT2D eigenvalue weighted by Crippen LogP contribution is 2.09. The summed E-state index contributed by atoms with van der Waals surface area (Å²) >= 11 is 1.60. The van der Waals surface area contributed by atoms with E-state index in [-0.39, 0.29) is 0 Å². The Bertz CT molecular complexity index is 528.